The van der Waals surface area contributed by atoms with E-state index in [1.165, 1.54) is 9.71 Å². The van der Waals surface area contributed by atoms with Gasteiger partial charge in [0.05, 0.1) is 20.8 Å². The molecule has 1 aromatic carbocycles. The summed E-state index contributed by atoms with van der Waals surface area (Å²) in [6.45, 7) is 2.12. The summed E-state index contributed by atoms with van der Waals surface area (Å²) in [5.41, 5.74) is 1.59. The molecule has 0 aliphatic heterocycles. The molecule has 0 radical (unpaired) electrons. The van der Waals surface area contributed by atoms with Gasteiger partial charge in [-0.1, -0.05) is 13.0 Å². The normalized spacial score (nSPS) is 18.3. The summed E-state index contributed by atoms with van der Waals surface area (Å²) in [5, 5.41) is 11.2. The molecule has 15 heavy (non-hydrogen) atoms. The Morgan fingerprint density at radius 1 is 1.47 bits per heavy atom. The van der Waals surface area contributed by atoms with Gasteiger partial charge in [0.2, 0.25) is 0 Å². The van der Waals surface area contributed by atoms with Crippen molar-refractivity contribution in [3.05, 3.63) is 28.8 Å². The minimum atomic E-state index is -0.523. The van der Waals surface area contributed by atoms with E-state index in [9.17, 15) is 5.11 Å². The number of rotatable bonds is 2. The number of benzene rings is 1. The lowest BCUT2D eigenvalue weighted by Gasteiger charge is -2.06. The molecule has 0 spiro atoms. The summed E-state index contributed by atoms with van der Waals surface area (Å²) in [5.74, 6) is 0. The summed E-state index contributed by atoms with van der Waals surface area (Å²) in [4.78, 5) is 4.51. The van der Waals surface area contributed by atoms with E-state index in [4.69, 9.17) is 0 Å². The van der Waals surface area contributed by atoms with Crippen LogP contribution in [-0.2, 0) is 12.0 Å². The topological polar surface area (TPSA) is 33.1 Å². The first kappa shape index (κ1) is 9.31. The zero-order chi connectivity index (χ0) is 10.5. The Morgan fingerprint density at radius 3 is 2.93 bits per heavy atom. The van der Waals surface area contributed by atoms with Gasteiger partial charge in [0.25, 0.3) is 0 Å². The summed E-state index contributed by atoms with van der Waals surface area (Å²) in [6, 6.07) is 6.13. The van der Waals surface area contributed by atoms with Crippen molar-refractivity contribution in [3.8, 4) is 0 Å². The third-order valence-corrected chi connectivity index (χ3v) is 4.16. The molecule has 1 aromatic heterocycles. The van der Waals surface area contributed by atoms with Gasteiger partial charge in [-0.05, 0) is 37.0 Å². The largest absolute Gasteiger partial charge is 0.385 e. The number of fused-ring (bicyclic) bond motifs is 1. The Bertz CT molecular complexity index is 513. The number of aliphatic hydroxyl groups is 1. The average molecular weight is 219 g/mol. The van der Waals surface area contributed by atoms with E-state index in [1.54, 1.807) is 11.3 Å². The highest BCUT2D eigenvalue weighted by Gasteiger charge is 2.42. The van der Waals surface area contributed by atoms with Crippen LogP contribution < -0.4 is 0 Å². The molecule has 1 N–H and O–H groups in total. The average Bonchev–Trinajstić information content (AvgIpc) is 2.86. The molecule has 0 saturated heterocycles. The fourth-order valence-corrected chi connectivity index (χ4v) is 2.77. The lowest BCUT2D eigenvalue weighted by molar-refractivity contribution is 0.151. The molecule has 2 nitrogen and oxygen atoms in total. The van der Waals surface area contributed by atoms with Gasteiger partial charge in [0.1, 0.15) is 0 Å². The fraction of sp³-hybridized carbons (Fsp3) is 0.417. The first-order valence-corrected chi connectivity index (χ1v) is 6.15. The second kappa shape index (κ2) is 3.03. The van der Waals surface area contributed by atoms with Gasteiger partial charge in [-0.15, -0.1) is 11.3 Å². The highest BCUT2D eigenvalue weighted by atomic mass is 32.1. The number of hydrogen-bond donors (Lipinski definition) is 1. The zero-order valence-electron chi connectivity index (χ0n) is 8.66. The van der Waals surface area contributed by atoms with Crippen LogP contribution in [0.4, 0.5) is 0 Å². The van der Waals surface area contributed by atoms with E-state index in [1.807, 2.05) is 12.1 Å². The molecular weight excluding hydrogens is 206 g/mol. The molecule has 0 amide bonds. The first-order chi connectivity index (χ1) is 7.21. The minimum absolute atomic E-state index is 0.523. The fourth-order valence-electron chi connectivity index (χ4n) is 1.82. The summed E-state index contributed by atoms with van der Waals surface area (Å²) in [7, 11) is 0. The molecule has 1 saturated carbocycles. The summed E-state index contributed by atoms with van der Waals surface area (Å²) < 4.78 is 1.20. The second-order valence-corrected chi connectivity index (χ2v) is 5.29. The van der Waals surface area contributed by atoms with Crippen LogP contribution in [0.3, 0.4) is 0 Å². The SMILES string of the molecule is CCc1nc2ccc(C3(O)CC3)cc2s1. The maximum absolute atomic E-state index is 10.0. The van der Waals surface area contributed by atoms with Gasteiger partial charge in [-0.25, -0.2) is 4.98 Å². The standard InChI is InChI=1S/C12H13NOS/c1-2-11-13-9-4-3-8(7-10(9)15-11)12(14)5-6-12/h3-4,7,14H,2,5-6H2,1H3. The molecule has 78 valence electrons. The highest BCUT2D eigenvalue weighted by molar-refractivity contribution is 7.18. The molecule has 0 unspecified atom stereocenters. The lowest BCUT2D eigenvalue weighted by atomic mass is 10.1. The predicted molar refractivity (Wildman–Crippen MR) is 62.1 cm³/mol. The Labute approximate surface area is 92.6 Å². The third kappa shape index (κ3) is 1.46. The first-order valence-electron chi connectivity index (χ1n) is 5.33. The van der Waals surface area contributed by atoms with Crippen molar-refractivity contribution >= 4 is 21.6 Å². The van der Waals surface area contributed by atoms with Crippen LogP contribution in [0.1, 0.15) is 30.3 Å². The molecular formula is C12H13NOS. The Hall–Kier alpha value is -0.930. The van der Waals surface area contributed by atoms with Gasteiger partial charge in [-0.2, -0.15) is 0 Å². The van der Waals surface area contributed by atoms with E-state index in [2.05, 4.69) is 18.0 Å². The van der Waals surface area contributed by atoms with Crippen molar-refractivity contribution in [2.24, 2.45) is 0 Å². The zero-order valence-corrected chi connectivity index (χ0v) is 9.47. The van der Waals surface area contributed by atoms with E-state index >= 15 is 0 Å². The predicted octanol–water partition coefficient (Wildman–Crippen LogP) is 2.84. The van der Waals surface area contributed by atoms with Crippen LogP contribution in [0.25, 0.3) is 10.2 Å². The molecule has 2 aromatic rings. The van der Waals surface area contributed by atoms with Crippen LogP contribution >= 0.6 is 11.3 Å². The molecule has 1 aliphatic carbocycles. The highest BCUT2D eigenvalue weighted by Crippen LogP contribution is 2.46. The van der Waals surface area contributed by atoms with Crippen molar-refractivity contribution in [1.82, 2.24) is 4.98 Å². The third-order valence-electron chi connectivity index (χ3n) is 3.00. The number of aryl methyl sites for hydroxylation is 1. The van der Waals surface area contributed by atoms with E-state index in [0.717, 1.165) is 30.3 Å². The van der Waals surface area contributed by atoms with E-state index < -0.39 is 5.60 Å². The maximum atomic E-state index is 10.0. The van der Waals surface area contributed by atoms with E-state index in [0.29, 0.717) is 0 Å². The van der Waals surface area contributed by atoms with Crippen LogP contribution in [0, 0.1) is 0 Å². The molecule has 0 atom stereocenters. The van der Waals surface area contributed by atoms with Gasteiger partial charge < -0.3 is 5.11 Å². The molecule has 1 aliphatic rings. The molecule has 1 fully saturated rings. The van der Waals surface area contributed by atoms with Crippen LogP contribution in [0.5, 0.6) is 0 Å². The maximum Gasteiger partial charge on any atom is 0.0935 e. The van der Waals surface area contributed by atoms with Crippen molar-refractivity contribution in [1.29, 1.82) is 0 Å². The summed E-state index contributed by atoms with van der Waals surface area (Å²) in [6.07, 6.45) is 2.79. The van der Waals surface area contributed by atoms with Gasteiger partial charge in [0.15, 0.2) is 0 Å². The van der Waals surface area contributed by atoms with Crippen molar-refractivity contribution < 1.29 is 5.11 Å². The van der Waals surface area contributed by atoms with Crippen molar-refractivity contribution in [2.75, 3.05) is 0 Å². The lowest BCUT2D eigenvalue weighted by Crippen LogP contribution is -2.02. The number of thiazole rings is 1. The molecule has 0 bridgehead atoms. The number of nitrogens with zero attached hydrogens (tertiary/aromatic N) is 1. The quantitative estimate of drug-likeness (QED) is 0.842. The number of hydrogen-bond acceptors (Lipinski definition) is 3. The van der Waals surface area contributed by atoms with Crippen LogP contribution in [-0.4, -0.2) is 10.1 Å². The van der Waals surface area contributed by atoms with Crippen molar-refractivity contribution in [3.63, 3.8) is 0 Å². The summed E-state index contributed by atoms with van der Waals surface area (Å²) >= 11 is 1.73. The molecule has 1 heterocycles. The van der Waals surface area contributed by atoms with Gasteiger partial charge >= 0.3 is 0 Å². The van der Waals surface area contributed by atoms with Crippen molar-refractivity contribution in [2.45, 2.75) is 31.8 Å². The molecule has 3 rings (SSSR count). The monoisotopic (exact) mass is 219 g/mol. The van der Waals surface area contributed by atoms with Crippen LogP contribution in [0.2, 0.25) is 0 Å². The Morgan fingerprint density at radius 2 is 2.27 bits per heavy atom. The van der Waals surface area contributed by atoms with Gasteiger partial charge in [-0.3, -0.25) is 0 Å². The van der Waals surface area contributed by atoms with Crippen LogP contribution in [0.15, 0.2) is 18.2 Å². The Kier molecular flexibility index (Phi) is 1.88. The van der Waals surface area contributed by atoms with Gasteiger partial charge in [0, 0.05) is 0 Å². The minimum Gasteiger partial charge on any atom is -0.385 e. The van der Waals surface area contributed by atoms with E-state index in [-0.39, 0.29) is 0 Å². The Balaban J connectivity index is 2.13. The second-order valence-electron chi connectivity index (χ2n) is 4.18. The molecule has 3 heteroatoms. The smallest absolute Gasteiger partial charge is 0.0935 e. The number of aromatic nitrogens is 1.